The minimum atomic E-state index is -0.700. The Labute approximate surface area is 150 Å². The van der Waals surface area contributed by atoms with Gasteiger partial charge in [0.15, 0.2) is 11.5 Å². The Morgan fingerprint density at radius 3 is 2.15 bits per heavy atom. The summed E-state index contributed by atoms with van der Waals surface area (Å²) in [4.78, 5) is 34.2. The second-order valence-electron chi connectivity index (χ2n) is 5.57. The first kappa shape index (κ1) is 19.1. The number of esters is 2. The summed E-state index contributed by atoms with van der Waals surface area (Å²) in [5.41, 5.74) is 0.0302. The van der Waals surface area contributed by atoms with Crippen LogP contribution in [0.3, 0.4) is 0 Å². The first-order chi connectivity index (χ1) is 12.5. The van der Waals surface area contributed by atoms with E-state index in [1.54, 1.807) is 12.1 Å². The van der Waals surface area contributed by atoms with E-state index in [0.29, 0.717) is 6.42 Å². The van der Waals surface area contributed by atoms with E-state index in [4.69, 9.17) is 9.47 Å². The van der Waals surface area contributed by atoms with E-state index in [2.05, 4.69) is 0 Å². The first-order valence-electron chi connectivity index (χ1n) is 8.27. The molecular formula is C19H19NO6. The molecule has 0 spiro atoms. The average Bonchev–Trinajstić information content (AvgIpc) is 2.63. The number of nitro groups is 1. The molecule has 2 aromatic carbocycles. The fourth-order valence-corrected chi connectivity index (χ4v) is 2.19. The van der Waals surface area contributed by atoms with Crippen LogP contribution >= 0.6 is 0 Å². The number of ether oxygens (including phenoxy) is 2. The van der Waals surface area contributed by atoms with Gasteiger partial charge in [0.05, 0.1) is 10.5 Å². The average molecular weight is 357 g/mol. The van der Waals surface area contributed by atoms with E-state index in [0.717, 1.165) is 19.3 Å². The number of non-ortho nitro benzene ring substituents is 1. The molecule has 0 aliphatic carbocycles. The van der Waals surface area contributed by atoms with Crippen molar-refractivity contribution < 1.29 is 24.0 Å². The van der Waals surface area contributed by atoms with Crippen LogP contribution in [0.25, 0.3) is 0 Å². The van der Waals surface area contributed by atoms with Crippen molar-refractivity contribution in [2.24, 2.45) is 0 Å². The quantitative estimate of drug-likeness (QED) is 0.230. The van der Waals surface area contributed by atoms with Gasteiger partial charge >= 0.3 is 11.9 Å². The molecule has 2 rings (SSSR count). The van der Waals surface area contributed by atoms with Gasteiger partial charge in [-0.3, -0.25) is 14.9 Å². The molecule has 26 heavy (non-hydrogen) atoms. The van der Waals surface area contributed by atoms with Gasteiger partial charge in [-0.25, -0.2) is 4.79 Å². The standard InChI is InChI=1S/C19H19NO6/c1-2-3-4-9-18(21)25-16-7-5-6-8-17(16)26-19(22)14-10-12-15(13-11-14)20(23)24/h5-8,10-13H,2-4,9H2,1H3. The minimum absolute atomic E-state index is 0.111. The predicted octanol–water partition coefficient (Wildman–Crippen LogP) is 4.30. The molecule has 0 fully saturated rings. The highest BCUT2D eigenvalue weighted by atomic mass is 16.6. The van der Waals surface area contributed by atoms with Crippen LogP contribution in [0, 0.1) is 10.1 Å². The van der Waals surface area contributed by atoms with Gasteiger partial charge in [0.25, 0.3) is 5.69 Å². The van der Waals surface area contributed by atoms with Crippen molar-refractivity contribution in [3.8, 4) is 11.5 Å². The van der Waals surface area contributed by atoms with Gasteiger partial charge in [-0.2, -0.15) is 0 Å². The van der Waals surface area contributed by atoms with Crippen LogP contribution in [-0.4, -0.2) is 16.9 Å². The lowest BCUT2D eigenvalue weighted by Crippen LogP contribution is -2.12. The number of unbranched alkanes of at least 4 members (excludes halogenated alkanes) is 2. The van der Waals surface area contributed by atoms with Gasteiger partial charge in [0.2, 0.25) is 0 Å². The number of hydrogen-bond donors (Lipinski definition) is 0. The number of rotatable bonds is 8. The summed E-state index contributed by atoms with van der Waals surface area (Å²) in [5.74, 6) is -0.824. The van der Waals surface area contributed by atoms with Gasteiger partial charge in [0.1, 0.15) is 0 Å². The van der Waals surface area contributed by atoms with Crippen molar-refractivity contribution in [1.82, 2.24) is 0 Å². The fraction of sp³-hybridized carbons (Fsp3) is 0.263. The van der Waals surface area contributed by atoms with Crippen molar-refractivity contribution in [2.75, 3.05) is 0 Å². The summed E-state index contributed by atoms with van der Waals surface area (Å²) < 4.78 is 10.5. The molecule has 0 bridgehead atoms. The fourth-order valence-electron chi connectivity index (χ4n) is 2.19. The number of benzene rings is 2. The minimum Gasteiger partial charge on any atom is -0.423 e. The van der Waals surface area contributed by atoms with Gasteiger partial charge in [-0.15, -0.1) is 0 Å². The van der Waals surface area contributed by atoms with E-state index in [1.807, 2.05) is 6.92 Å². The Morgan fingerprint density at radius 2 is 1.58 bits per heavy atom. The first-order valence-corrected chi connectivity index (χ1v) is 8.27. The molecule has 0 unspecified atom stereocenters. The highest BCUT2D eigenvalue weighted by Gasteiger charge is 2.15. The molecule has 0 saturated heterocycles. The lowest BCUT2D eigenvalue weighted by Gasteiger charge is -2.10. The van der Waals surface area contributed by atoms with E-state index in [9.17, 15) is 19.7 Å². The number of carbonyl (C=O) groups is 2. The van der Waals surface area contributed by atoms with Crippen molar-refractivity contribution in [2.45, 2.75) is 32.6 Å². The zero-order valence-corrected chi connectivity index (χ0v) is 14.3. The van der Waals surface area contributed by atoms with Crippen LogP contribution in [0.5, 0.6) is 11.5 Å². The lowest BCUT2D eigenvalue weighted by molar-refractivity contribution is -0.384. The van der Waals surface area contributed by atoms with Crippen LogP contribution in [0.2, 0.25) is 0 Å². The third kappa shape index (κ3) is 5.41. The highest BCUT2D eigenvalue weighted by molar-refractivity contribution is 5.91. The molecule has 0 N–H and O–H groups in total. The van der Waals surface area contributed by atoms with Crippen molar-refractivity contribution in [3.05, 3.63) is 64.2 Å². The van der Waals surface area contributed by atoms with E-state index < -0.39 is 16.9 Å². The Bertz CT molecular complexity index is 785. The van der Waals surface area contributed by atoms with E-state index in [-0.39, 0.29) is 22.7 Å². The SMILES string of the molecule is CCCCCC(=O)Oc1ccccc1OC(=O)c1ccc([N+](=O)[O-])cc1. The van der Waals surface area contributed by atoms with E-state index in [1.165, 1.54) is 36.4 Å². The summed E-state index contributed by atoms with van der Waals surface area (Å²) in [7, 11) is 0. The maximum atomic E-state index is 12.2. The van der Waals surface area contributed by atoms with Crippen molar-refractivity contribution in [3.63, 3.8) is 0 Å². The van der Waals surface area contributed by atoms with Crippen LogP contribution in [-0.2, 0) is 4.79 Å². The number of nitro benzene ring substituents is 1. The molecule has 7 heteroatoms. The number of carbonyl (C=O) groups excluding carboxylic acids is 2. The monoisotopic (exact) mass is 357 g/mol. The van der Waals surface area contributed by atoms with Gasteiger partial charge in [-0.1, -0.05) is 31.9 Å². The Kier molecular flexibility index (Phi) is 6.84. The zero-order valence-electron chi connectivity index (χ0n) is 14.3. The largest absolute Gasteiger partial charge is 0.423 e. The normalized spacial score (nSPS) is 10.2. The van der Waals surface area contributed by atoms with Gasteiger partial charge < -0.3 is 9.47 Å². The zero-order chi connectivity index (χ0) is 18.9. The third-order valence-corrected chi connectivity index (χ3v) is 3.57. The highest BCUT2D eigenvalue weighted by Crippen LogP contribution is 2.28. The number of hydrogen-bond acceptors (Lipinski definition) is 6. The number of para-hydroxylation sites is 2. The summed E-state index contributed by atoms with van der Waals surface area (Å²) in [6, 6.07) is 11.4. The molecule has 0 radical (unpaired) electrons. The predicted molar refractivity (Wildman–Crippen MR) is 94.3 cm³/mol. The maximum absolute atomic E-state index is 12.2. The summed E-state index contributed by atoms with van der Waals surface area (Å²) >= 11 is 0. The Morgan fingerprint density at radius 1 is 0.962 bits per heavy atom. The molecular weight excluding hydrogens is 338 g/mol. The van der Waals surface area contributed by atoms with Gasteiger partial charge in [-0.05, 0) is 30.7 Å². The van der Waals surface area contributed by atoms with Crippen molar-refractivity contribution in [1.29, 1.82) is 0 Å². The molecule has 0 heterocycles. The molecule has 0 aliphatic rings. The molecule has 0 atom stereocenters. The molecule has 0 aliphatic heterocycles. The molecule has 0 amide bonds. The van der Waals surface area contributed by atoms with Gasteiger partial charge in [0, 0.05) is 18.6 Å². The van der Waals surface area contributed by atoms with Crippen LogP contribution < -0.4 is 9.47 Å². The number of nitrogens with zero attached hydrogens (tertiary/aromatic N) is 1. The molecule has 0 saturated carbocycles. The van der Waals surface area contributed by atoms with Crippen LogP contribution in [0.1, 0.15) is 43.0 Å². The Hall–Kier alpha value is -3.22. The third-order valence-electron chi connectivity index (χ3n) is 3.57. The van der Waals surface area contributed by atoms with Crippen molar-refractivity contribution >= 4 is 17.6 Å². The summed E-state index contributed by atoms with van der Waals surface area (Å²) in [6.45, 7) is 2.04. The smallest absolute Gasteiger partial charge is 0.343 e. The summed E-state index contributed by atoms with van der Waals surface area (Å²) in [6.07, 6.45) is 2.96. The second kappa shape index (κ2) is 9.31. The van der Waals surface area contributed by atoms with E-state index >= 15 is 0 Å². The second-order valence-corrected chi connectivity index (χ2v) is 5.57. The Balaban J connectivity index is 2.05. The molecule has 136 valence electrons. The molecule has 0 aromatic heterocycles. The lowest BCUT2D eigenvalue weighted by atomic mass is 10.2. The van der Waals surface area contributed by atoms with Crippen LogP contribution in [0.15, 0.2) is 48.5 Å². The van der Waals surface area contributed by atoms with Crippen LogP contribution in [0.4, 0.5) is 5.69 Å². The maximum Gasteiger partial charge on any atom is 0.343 e. The topological polar surface area (TPSA) is 95.7 Å². The molecule has 7 nitrogen and oxygen atoms in total. The summed E-state index contributed by atoms with van der Waals surface area (Å²) in [5, 5.41) is 10.7. The molecule has 2 aromatic rings.